The predicted octanol–water partition coefficient (Wildman–Crippen LogP) is 4.11. The van der Waals surface area contributed by atoms with Gasteiger partial charge in [0.1, 0.15) is 5.39 Å². The number of aromatic nitrogens is 4. The number of aromatic amines is 1. The molecule has 0 saturated carbocycles. The second-order valence-electron chi connectivity index (χ2n) is 6.80. The first-order chi connectivity index (χ1) is 14.4. The van der Waals surface area contributed by atoms with Crippen molar-refractivity contribution in [1.82, 2.24) is 19.7 Å². The van der Waals surface area contributed by atoms with Gasteiger partial charge in [0.05, 0.1) is 17.6 Å². The zero-order valence-corrected chi connectivity index (χ0v) is 17.8. The lowest BCUT2D eigenvalue weighted by Gasteiger charge is -2.09. The third-order valence-corrected chi connectivity index (χ3v) is 5.62. The Morgan fingerprint density at radius 2 is 1.97 bits per heavy atom. The van der Waals surface area contributed by atoms with Crippen molar-refractivity contribution in [2.75, 3.05) is 11.1 Å². The SMILES string of the molecule is Cc1ccc(C)c(NC(=O)CSc2nc3c(cnn3-c3ccc(Cl)cc3)c(=O)[nH]2)c1. The summed E-state index contributed by atoms with van der Waals surface area (Å²) in [6.07, 6.45) is 1.47. The van der Waals surface area contributed by atoms with Crippen molar-refractivity contribution in [2.24, 2.45) is 0 Å². The molecular weight excluding hydrogens is 422 g/mol. The van der Waals surface area contributed by atoms with Crippen LogP contribution >= 0.6 is 23.4 Å². The van der Waals surface area contributed by atoms with Gasteiger partial charge in [0.25, 0.3) is 5.56 Å². The number of anilines is 1. The highest BCUT2D eigenvalue weighted by molar-refractivity contribution is 7.99. The second-order valence-corrected chi connectivity index (χ2v) is 8.20. The number of H-pyrrole nitrogens is 1. The van der Waals surface area contributed by atoms with Crippen LogP contribution in [0.3, 0.4) is 0 Å². The van der Waals surface area contributed by atoms with Gasteiger partial charge >= 0.3 is 0 Å². The van der Waals surface area contributed by atoms with Gasteiger partial charge in [-0.2, -0.15) is 5.10 Å². The molecule has 0 bridgehead atoms. The van der Waals surface area contributed by atoms with E-state index < -0.39 is 0 Å². The summed E-state index contributed by atoms with van der Waals surface area (Å²) in [5, 5.41) is 8.49. The van der Waals surface area contributed by atoms with E-state index in [2.05, 4.69) is 20.4 Å². The van der Waals surface area contributed by atoms with Crippen LogP contribution in [0.4, 0.5) is 5.69 Å². The molecule has 0 saturated heterocycles. The van der Waals surface area contributed by atoms with E-state index in [4.69, 9.17) is 11.6 Å². The molecule has 0 aliphatic heterocycles. The van der Waals surface area contributed by atoms with Crippen LogP contribution in [0.2, 0.25) is 5.02 Å². The van der Waals surface area contributed by atoms with E-state index in [-0.39, 0.29) is 17.2 Å². The molecule has 1 amide bonds. The molecule has 4 rings (SSSR count). The first kappa shape index (κ1) is 20.2. The Morgan fingerprint density at radius 3 is 2.73 bits per heavy atom. The number of nitrogens with zero attached hydrogens (tertiary/aromatic N) is 3. The molecule has 2 N–H and O–H groups in total. The second kappa shape index (κ2) is 8.33. The largest absolute Gasteiger partial charge is 0.325 e. The van der Waals surface area contributed by atoms with E-state index in [9.17, 15) is 9.59 Å². The van der Waals surface area contributed by atoms with Crippen molar-refractivity contribution < 1.29 is 4.79 Å². The maximum atomic E-state index is 12.4. The summed E-state index contributed by atoms with van der Waals surface area (Å²) in [4.78, 5) is 32.0. The van der Waals surface area contributed by atoms with Gasteiger partial charge in [0, 0.05) is 10.7 Å². The minimum absolute atomic E-state index is 0.108. The summed E-state index contributed by atoms with van der Waals surface area (Å²) < 4.78 is 1.57. The van der Waals surface area contributed by atoms with Crippen molar-refractivity contribution in [3.63, 3.8) is 0 Å². The Morgan fingerprint density at radius 1 is 1.20 bits per heavy atom. The summed E-state index contributed by atoms with van der Waals surface area (Å²) >= 11 is 7.10. The molecule has 2 aromatic heterocycles. The average molecular weight is 440 g/mol. The smallest absolute Gasteiger partial charge is 0.262 e. The van der Waals surface area contributed by atoms with E-state index in [1.165, 1.54) is 6.20 Å². The Hall–Kier alpha value is -3.10. The molecule has 7 nitrogen and oxygen atoms in total. The summed E-state index contributed by atoms with van der Waals surface area (Å²) in [7, 11) is 0. The van der Waals surface area contributed by atoms with Crippen LogP contribution in [-0.2, 0) is 4.79 Å². The van der Waals surface area contributed by atoms with Crippen molar-refractivity contribution in [3.8, 4) is 5.69 Å². The number of fused-ring (bicyclic) bond motifs is 1. The van der Waals surface area contributed by atoms with Crippen LogP contribution in [0.5, 0.6) is 0 Å². The molecule has 0 radical (unpaired) electrons. The van der Waals surface area contributed by atoms with Gasteiger partial charge in [0.2, 0.25) is 5.91 Å². The van der Waals surface area contributed by atoms with E-state index >= 15 is 0 Å². The third-order valence-electron chi connectivity index (χ3n) is 4.49. The summed E-state index contributed by atoms with van der Waals surface area (Å²) in [5.74, 6) is -0.0701. The number of carbonyl (C=O) groups excluding carboxylic acids is 1. The Bertz CT molecular complexity index is 1300. The predicted molar refractivity (Wildman–Crippen MR) is 120 cm³/mol. The standard InChI is InChI=1S/C21H18ClN5O2S/c1-12-3-4-13(2)17(9-12)24-18(28)11-30-21-25-19-16(20(29)26-21)10-23-27(19)15-7-5-14(22)6-8-15/h3-10H,11H2,1-2H3,(H,24,28)(H,25,26,29). The normalized spacial score (nSPS) is 11.0. The van der Waals surface area contributed by atoms with Crippen LogP contribution in [-0.4, -0.2) is 31.4 Å². The molecule has 0 aliphatic carbocycles. The molecular formula is C21H18ClN5O2S. The monoisotopic (exact) mass is 439 g/mol. The van der Waals surface area contributed by atoms with Crippen LogP contribution < -0.4 is 10.9 Å². The number of thioether (sulfide) groups is 1. The van der Waals surface area contributed by atoms with E-state index in [1.54, 1.807) is 28.9 Å². The fraction of sp³-hybridized carbons (Fsp3) is 0.143. The molecule has 4 aromatic rings. The van der Waals surface area contributed by atoms with Crippen molar-refractivity contribution in [2.45, 2.75) is 19.0 Å². The molecule has 0 unspecified atom stereocenters. The van der Waals surface area contributed by atoms with E-state index in [1.807, 2.05) is 32.0 Å². The van der Waals surface area contributed by atoms with E-state index in [0.29, 0.717) is 21.2 Å². The van der Waals surface area contributed by atoms with Crippen molar-refractivity contribution in [3.05, 3.63) is 75.2 Å². The first-order valence-electron chi connectivity index (χ1n) is 9.14. The number of benzene rings is 2. The highest BCUT2D eigenvalue weighted by atomic mass is 35.5. The molecule has 0 fully saturated rings. The lowest BCUT2D eigenvalue weighted by Crippen LogP contribution is -2.16. The number of hydrogen-bond donors (Lipinski definition) is 2. The molecule has 30 heavy (non-hydrogen) atoms. The van der Waals surface area contributed by atoms with Crippen molar-refractivity contribution >= 4 is 46.0 Å². The zero-order valence-electron chi connectivity index (χ0n) is 16.3. The first-order valence-corrected chi connectivity index (χ1v) is 10.5. The quantitative estimate of drug-likeness (QED) is 0.360. The van der Waals surface area contributed by atoms with Crippen LogP contribution in [0.25, 0.3) is 16.7 Å². The lowest BCUT2D eigenvalue weighted by atomic mass is 10.1. The molecule has 0 atom stereocenters. The van der Waals surface area contributed by atoms with Crippen LogP contribution in [0, 0.1) is 13.8 Å². The Balaban J connectivity index is 1.55. The number of nitrogens with one attached hydrogen (secondary N) is 2. The minimum Gasteiger partial charge on any atom is -0.325 e. The van der Waals surface area contributed by atoms with Gasteiger partial charge in [-0.1, -0.05) is 35.5 Å². The van der Waals surface area contributed by atoms with Crippen molar-refractivity contribution in [1.29, 1.82) is 0 Å². The highest BCUT2D eigenvalue weighted by Gasteiger charge is 2.13. The average Bonchev–Trinajstić information content (AvgIpc) is 3.14. The number of aryl methyl sites for hydroxylation is 2. The Kier molecular flexibility index (Phi) is 5.61. The number of halogens is 1. The molecule has 2 aromatic carbocycles. The fourth-order valence-electron chi connectivity index (χ4n) is 2.93. The Labute approximate surface area is 181 Å². The fourth-order valence-corrected chi connectivity index (χ4v) is 3.71. The summed E-state index contributed by atoms with van der Waals surface area (Å²) in [6.45, 7) is 3.91. The number of rotatable bonds is 5. The number of carbonyl (C=O) groups is 1. The van der Waals surface area contributed by atoms with Gasteiger partial charge in [-0.15, -0.1) is 0 Å². The van der Waals surface area contributed by atoms with Gasteiger partial charge in [-0.25, -0.2) is 9.67 Å². The number of amides is 1. The van der Waals surface area contributed by atoms with E-state index in [0.717, 1.165) is 34.3 Å². The topological polar surface area (TPSA) is 92.7 Å². The summed E-state index contributed by atoms with van der Waals surface area (Å²) in [6, 6.07) is 12.9. The maximum absolute atomic E-state index is 12.4. The molecule has 2 heterocycles. The van der Waals surface area contributed by atoms with Gasteiger partial charge < -0.3 is 10.3 Å². The maximum Gasteiger partial charge on any atom is 0.262 e. The van der Waals surface area contributed by atoms with Gasteiger partial charge in [0.15, 0.2) is 10.8 Å². The third kappa shape index (κ3) is 4.24. The van der Waals surface area contributed by atoms with Gasteiger partial charge in [-0.3, -0.25) is 9.59 Å². The van der Waals surface area contributed by atoms with Gasteiger partial charge in [-0.05, 0) is 55.3 Å². The highest BCUT2D eigenvalue weighted by Crippen LogP contribution is 2.20. The lowest BCUT2D eigenvalue weighted by molar-refractivity contribution is -0.113. The zero-order chi connectivity index (χ0) is 21.3. The summed E-state index contributed by atoms with van der Waals surface area (Å²) in [5.41, 5.74) is 3.67. The molecule has 0 spiro atoms. The molecule has 9 heteroatoms. The molecule has 152 valence electrons. The minimum atomic E-state index is -0.308. The molecule has 0 aliphatic rings. The van der Waals surface area contributed by atoms with Crippen LogP contribution in [0.15, 0.2) is 58.6 Å². The van der Waals surface area contributed by atoms with Crippen LogP contribution in [0.1, 0.15) is 11.1 Å². The number of hydrogen-bond acceptors (Lipinski definition) is 5.